The van der Waals surface area contributed by atoms with Crippen LogP contribution in [0.25, 0.3) is 0 Å². The van der Waals surface area contributed by atoms with Crippen molar-refractivity contribution in [2.75, 3.05) is 58.9 Å². The number of aliphatic imine (C=N–C) groups is 1. The SMILES string of the molecule is CN=C(NCC(=O)N1CCN(c2ccccc2)CC1)NCc1ccc(OC)c(OC)c1. The van der Waals surface area contributed by atoms with Crippen molar-refractivity contribution in [2.24, 2.45) is 4.99 Å². The second kappa shape index (κ2) is 11.1. The van der Waals surface area contributed by atoms with Crippen LogP contribution in [-0.2, 0) is 11.3 Å². The van der Waals surface area contributed by atoms with E-state index in [4.69, 9.17) is 9.47 Å². The number of carbonyl (C=O) groups excluding carboxylic acids is 1. The quantitative estimate of drug-likeness (QED) is 0.520. The molecule has 0 radical (unpaired) electrons. The second-order valence-corrected chi connectivity index (χ2v) is 7.17. The van der Waals surface area contributed by atoms with Crippen molar-refractivity contribution in [1.82, 2.24) is 15.5 Å². The number of carbonyl (C=O) groups is 1. The molecule has 31 heavy (non-hydrogen) atoms. The van der Waals surface area contributed by atoms with Gasteiger partial charge in [-0.05, 0) is 29.8 Å². The predicted octanol–water partition coefficient (Wildman–Crippen LogP) is 1.72. The van der Waals surface area contributed by atoms with Crippen LogP contribution < -0.4 is 25.0 Å². The summed E-state index contributed by atoms with van der Waals surface area (Å²) in [6.45, 7) is 3.85. The van der Waals surface area contributed by atoms with Gasteiger partial charge in [0, 0.05) is 45.5 Å². The minimum absolute atomic E-state index is 0.0711. The molecule has 8 heteroatoms. The van der Waals surface area contributed by atoms with Gasteiger partial charge in [0.1, 0.15) is 0 Å². The Kier molecular flexibility index (Phi) is 7.98. The minimum atomic E-state index is 0.0711. The maximum absolute atomic E-state index is 12.6. The molecule has 0 aliphatic carbocycles. The Morgan fingerprint density at radius 1 is 0.968 bits per heavy atom. The van der Waals surface area contributed by atoms with Crippen molar-refractivity contribution in [2.45, 2.75) is 6.54 Å². The lowest BCUT2D eigenvalue weighted by atomic mass is 10.2. The van der Waals surface area contributed by atoms with Crippen molar-refractivity contribution >= 4 is 17.6 Å². The molecule has 0 unspecified atom stereocenters. The maximum Gasteiger partial charge on any atom is 0.242 e. The Morgan fingerprint density at radius 3 is 2.32 bits per heavy atom. The Morgan fingerprint density at radius 2 is 1.68 bits per heavy atom. The first-order chi connectivity index (χ1) is 15.1. The number of anilines is 1. The number of amides is 1. The van der Waals surface area contributed by atoms with Gasteiger partial charge in [0.15, 0.2) is 17.5 Å². The Hall–Kier alpha value is -3.42. The number of para-hydroxylation sites is 1. The number of piperazine rings is 1. The monoisotopic (exact) mass is 425 g/mol. The molecule has 0 spiro atoms. The molecule has 0 saturated carbocycles. The van der Waals surface area contributed by atoms with Crippen LogP contribution in [0.3, 0.4) is 0 Å². The summed E-state index contributed by atoms with van der Waals surface area (Å²) in [4.78, 5) is 21.0. The van der Waals surface area contributed by atoms with Gasteiger partial charge in [0.05, 0.1) is 20.8 Å². The molecule has 1 heterocycles. The molecule has 166 valence electrons. The molecule has 2 aromatic rings. The van der Waals surface area contributed by atoms with E-state index in [1.165, 1.54) is 5.69 Å². The molecule has 3 rings (SSSR count). The maximum atomic E-state index is 12.6. The van der Waals surface area contributed by atoms with E-state index in [-0.39, 0.29) is 12.5 Å². The Bertz CT molecular complexity index is 880. The van der Waals surface area contributed by atoms with E-state index in [0.717, 1.165) is 18.7 Å². The van der Waals surface area contributed by atoms with E-state index >= 15 is 0 Å². The largest absolute Gasteiger partial charge is 0.493 e. The average molecular weight is 426 g/mol. The number of guanidine groups is 1. The number of nitrogens with one attached hydrogen (secondary N) is 2. The summed E-state index contributed by atoms with van der Waals surface area (Å²) in [6.07, 6.45) is 0. The van der Waals surface area contributed by atoms with E-state index in [9.17, 15) is 4.79 Å². The van der Waals surface area contributed by atoms with E-state index in [1.807, 2.05) is 41.3 Å². The molecule has 1 aliphatic heterocycles. The van der Waals surface area contributed by atoms with E-state index in [1.54, 1.807) is 21.3 Å². The van der Waals surface area contributed by atoms with Gasteiger partial charge < -0.3 is 29.9 Å². The highest BCUT2D eigenvalue weighted by molar-refractivity contribution is 5.86. The van der Waals surface area contributed by atoms with Crippen LogP contribution in [0.2, 0.25) is 0 Å². The number of hydrogen-bond acceptors (Lipinski definition) is 5. The van der Waals surface area contributed by atoms with Gasteiger partial charge in [-0.25, -0.2) is 0 Å². The average Bonchev–Trinajstić information content (AvgIpc) is 2.84. The first-order valence-corrected chi connectivity index (χ1v) is 10.4. The smallest absolute Gasteiger partial charge is 0.242 e. The molecular formula is C23H31N5O3. The zero-order valence-corrected chi connectivity index (χ0v) is 18.4. The summed E-state index contributed by atoms with van der Waals surface area (Å²) in [5.41, 5.74) is 2.22. The molecule has 0 atom stereocenters. The Balaban J connectivity index is 1.44. The van der Waals surface area contributed by atoms with E-state index in [2.05, 4.69) is 32.7 Å². The zero-order valence-electron chi connectivity index (χ0n) is 18.4. The number of benzene rings is 2. The van der Waals surface area contributed by atoms with Gasteiger partial charge in [-0.1, -0.05) is 24.3 Å². The van der Waals surface area contributed by atoms with Crippen LogP contribution in [0.5, 0.6) is 11.5 Å². The highest BCUT2D eigenvalue weighted by Crippen LogP contribution is 2.27. The van der Waals surface area contributed by atoms with Crippen LogP contribution >= 0.6 is 0 Å². The number of nitrogens with zero attached hydrogens (tertiary/aromatic N) is 3. The normalized spacial score (nSPS) is 14.2. The fraction of sp³-hybridized carbons (Fsp3) is 0.391. The lowest BCUT2D eigenvalue weighted by molar-refractivity contribution is -0.130. The van der Waals surface area contributed by atoms with Gasteiger partial charge in [-0.15, -0.1) is 0 Å². The summed E-state index contributed by atoms with van der Waals surface area (Å²) < 4.78 is 10.6. The third-order valence-corrected chi connectivity index (χ3v) is 5.29. The molecule has 2 N–H and O–H groups in total. The molecule has 1 fully saturated rings. The van der Waals surface area contributed by atoms with Crippen molar-refractivity contribution in [1.29, 1.82) is 0 Å². The molecule has 2 aromatic carbocycles. The molecule has 1 saturated heterocycles. The number of rotatable bonds is 7. The van der Waals surface area contributed by atoms with Crippen LogP contribution in [0.1, 0.15) is 5.56 Å². The van der Waals surface area contributed by atoms with Crippen molar-refractivity contribution in [3.8, 4) is 11.5 Å². The highest BCUT2D eigenvalue weighted by Gasteiger charge is 2.21. The molecule has 1 aliphatic rings. The van der Waals surface area contributed by atoms with Crippen LogP contribution in [0, 0.1) is 0 Å². The first-order valence-electron chi connectivity index (χ1n) is 10.4. The lowest BCUT2D eigenvalue weighted by Crippen LogP contribution is -2.52. The summed E-state index contributed by atoms with van der Waals surface area (Å²) in [5.74, 6) is 2.01. The molecule has 0 aromatic heterocycles. The number of hydrogen-bond donors (Lipinski definition) is 2. The number of methoxy groups -OCH3 is 2. The fourth-order valence-electron chi connectivity index (χ4n) is 3.52. The van der Waals surface area contributed by atoms with Gasteiger partial charge in [-0.3, -0.25) is 9.79 Å². The second-order valence-electron chi connectivity index (χ2n) is 7.17. The molecule has 1 amide bonds. The van der Waals surface area contributed by atoms with Crippen LogP contribution in [-0.4, -0.2) is 70.8 Å². The molecule has 0 bridgehead atoms. The van der Waals surface area contributed by atoms with Gasteiger partial charge in [0.25, 0.3) is 0 Å². The molecule has 8 nitrogen and oxygen atoms in total. The first kappa shape index (κ1) is 22.3. The van der Waals surface area contributed by atoms with E-state index < -0.39 is 0 Å². The third kappa shape index (κ3) is 6.04. The summed E-state index contributed by atoms with van der Waals surface area (Å²) in [7, 11) is 4.91. The van der Waals surface area contributed by atoms with Gasteiger partial charge >= 0.3 is 0 Å². The third-order valence-electron chi connectivity index (χ3n) is 5.29. The van der Waals surface area contributed by atoms with Crippen molar-refractivity contribution < 1.29 is 14.3 Å². The minimum Gasteiger partial charge on any atom is -0.493 e. The van der Waals surface area contributed by atoms with Gasteiger partial charge in [0.2, 0.25) is 5.91 Å². The summed E-state index contributed by atoms with van der Waals surface area (Å²) in [6, 6.07) is 16.0. The van der Waals surface area contributed by atoms with Gasteiger partial charge in [-0.2, -0.15) is 0 Å². The van der Waals surface area contributed by atoms with Crippen LogP contribution in [0.15, 0.2) is 53.5 Å². The predicted molar refractivity (Wildman–Crippen MR) is 123 cm³/mol. The zero-order chi connectivity index (χ0) is 22.1. The Labute approximate surface area is 183 Å². The summed E-state index contributed by atoms with van der Waals surface area (Å²) >= 11 is 0. The fourth-order valence-corrected chi connectivity index (χ4v) is 3.52. The lowest BCUT2D eigenvalue weighted by Gasteiger charge is -2.36. The highest BCUT2D eigenvalue weighted by atomic mass is 16.5. The van der Waals surface area contributed by atoms with E-state index in [0.29, 0.717) is 37.1 Å². The standard InChI is InChI=1S/C23H31N5O3/c1-24-23(25-16-18-9-10-20(30-2)21(15-18)31-3)26-17-22(29)28-13-11-27(12-14-28)19-7-5-4-6-8-19/h4-10,15H,11-14,16-17H2,1-3H3,(H2,24,25,26). The molecular weight excluding hydrogens is 394 g/mol. The van der Waals surface area contributed by atoms with Crippen LogP contribution in [0.4, 0.5) is 5.69 Å². The van der Waals surface area contributed by atoms with Crippen molar-refractivity contribution in [3.63, 3.8) is 0 Å². The summed E-state index contributed by atoms with van der Waals surface area (Å²) in [5, 5.41) is 6.33. The number of ether oxygens (including phenoxy) is 2. The van der Waals surface area contributed by atoms with Crippen molar-refractivity contribution in [3.05, 3.63) is 54.1 Å². The topological polar surface area (TPSA) is 78.4 Å².